The van der Waals surface area contributed by atoms with E-state index in [1.807, 2.05) is 19.9 Å². The maximum absolute atomic E-state index is 14.4. The average molecular weight is 554 g/mol. The molecular formula is C28H26BrF2N3O2. The molecular weight excluding hydrogens is 528 g/mol. The molecule has 1 fully saturated rings. The first-order valence-electron chi connectivity index (χ1n) is 11.9. The van der Waals surface area contributed by atoms with Crippen molar-refractivity contribution in [3.05, 3.63) is 92.2 Å². The molecule has 1 saturated heterocycles. The second-order valence-electron chi connectivity index (χ2n) is 9.81. The Labute approximate surface area is 217 Å². The molecule has 5 nitrogen and oxygen atoms in total. The summed E-state index contributed by atoms with van der Waals surface area (Å²) in [7, 11) is 0. The first-order chi connectivity index (χ1) is 17.1. The molecule has 0 unspecified atom stereocenters. The predicted octanol–water partition coefficient (Wildman–Crippen LogP) is 5.88. The summed E-state index contributed by atoms with van der Waals surface area (Å²) in [5, 5.41) is 0. The molecule has 3 aromatic rings. The van der Waals surface area contributed by atoms with E-state index in [1.54, 1.807) is 29.0 Å². The highest BCUT2D eigenvalue weighted by atomic mass is 79.9. The van der Waals surface area contributed by atoms with Gasteiger partial charge in [-0.25, -0.2) is 8.78 Å². The first-order valence-corrected chi connectivity index (χ1v) is 12.7. The third kappa shape index (κ3) is 4.11. The number of aromatic nitrogens is 1. The van der Waals surface area contributed by atoms with Crippen LogP contribution in [-0.2, 0) is 5.41 Å². The maximum Gasteiger partial charge on any atom is 0.258 e. The Morgan fingerprint density at radius 2 is 1.69 bits per heavy atom. The van der Waals surface area contributed by atoms with Crippen molar-refractivity contribution >= 4 is 33.4 Å². The summed E-state index contributed by atoms with van der Waals surface area (Å²) in [5.74, 6) is -1.27. The second kappa shape index (κ2) is 9.07. The van der Waals surface area contributed by atoms with E-state index in [4.69, 9.17) is 0 Å². The molecule has 186 valence electrons. The molecule has 2 amide bonds. The number of anilines is 1. The smallest absolute Gasteiger partial charge is 0.258 e. The van der Waals surface area contributed by atoms with E-state index in [-0.39, 0.29) is 23.2 Å². The standard InChI is InChI=1S/C28H26BrF2N3O2/c1-16-10-19(14-32-18(16)3)26(35)33-8-6-28(7-9-33)15-34(25-5-4-20(30)12-23(25)28)27(36)22-11-21(31)13-24(29)17(22)2/h4-5,10-14H,6-9,15H2,1-3H3. The number of hydrogen-bond acceptors (Lipinski definition) is 3. The lowest BCUT2D eigenvalue weighted by Gasteiger charge is -2.40. The molecule has 8 heteroatoms. The number of carbonyl (C=O) groups is 2. The summed E-state index contributed by atoms with van der Waals surface area (Å²) in [6.07, 6.45) is 2.78. The van der Waals surface area contributed by atoms with Gasteiger partial charge in [0.25, 0.3) is 11.8 Å². The third-order valence-corrected chi connectivity index (χ3v) is 8.48. The molecule has 0 atom stereocenters. The van der Waals surface area contributed by atoms with E-state index in [9.17, 15) is 18.4 Å². The van der Waals surface area contributed by atoms with Gasteiger partial charge in [-0.15, -0.1) is 0 Å². The van der Waals surface area contributed by atoms with Gasteiger partial charge < -0.3 is 9.80 Å². The number of hydrogen-bond donors (Lipinski definition) is 0. The summed E-state index contributed by atoms with van der Waals surface area (Å²) < 4.78 is 29.1. The van der Waals surface area contributed by atoms with Gasteiger partial charge in [0.1, 0.15) is 11.6 Å². The lowest BCUT2D eigenvalue weighted by molar-refractivity contribution is 0.0670. The van der Waals surface area contributed by atoms with Crippen molar-refractivity contribution in [1.82, 2.24) is 9.88 Å². The molecule has 0 bridgehead atoms. The van der Waals surface area contributed by atoms with Crippen molar-refractivity contribution in [2.75, 3.05) is 24.5 Å². The SMILES string of the molecule is Cc1cc(C(=O)N2CCC3(CC2)CN(C(=O)c2cc(F)cc(Br)c2C)c2ccc(F)cc23)cnc1C. The summed E-state index contributed by atoms with van der Waals surface area (Å²) in [6, 6.07) is 8.90. The Kier molecular flexibility index (Phi) is 6.19. The van der Waals surface area contributed by atoms with Crippen LogP contribution in [0.15, 0.2) is 47.1 Å². The van der Waals surface area contributed by atoms with Crippen molar-refractivity contribution in [2.24, 2.45) is 0 Å². The topological polar surface area (TPSA) is 53.5 Å². The third-order valence-electron chi connectivity index (χ3n) is 7.66. The zero-order valence-corrected chi connectivity index (χ0v) is 22.0. The van der Waals surface area contributed by atoms with Crippen LogP contribution < -0.4 is 4.90 Å². The Hall–Kier alpha value is -3.13. The molecule has 1 spiro atoms. The van der Waals surface area contributed by atoms with Crippen molar-refractivity contribution in [1.29, 1.82) is 0 Å². The predicted molar refractivity (Wildman–Crippen MR) is 137 cm³/mol. The van der Waals surface area contributed by atoms with Crippen molar-refractivity contribution in [3.8, 4) is 0 Å². The minimum atomic E-state index is -0.503. The molecule has 36 heavy (non-hydrogen) atoms. The van der Waals surface area contributed by atoms with Gasteiger partial charge in [-0.3, -0.25) is 14.6 Å². The summed E-state index contributed by atoms with van der Waals surface area (Å²) in [6.45, 7) is 6.91. The van der Waals surface area contributed by atoms with Crippen molar-refractivity contribution < 1.29 is 18.4 Å². The zero-order valence-electron chi connectivity index (χ0n) is 20.4. The van der Waals surface area contributed by atoms with Gasteiger partial charge in [0.15, 0.2) is 0 Å². The molecule has 0 aliphatic carbocycles. The minimum absolute atomic E-state index is 0.0777. The number of amides is 2. The van der Waals surface area contributed by atoms with Gasteiger partial charge in [0.2, 0.25) is 0 Å². The summed E-state index contributed by atoms with van der Waals surface area (Å²) >= 11 is 3.33. The van der Waals surface area contributed by atoms with Crippen LogP contribution >= 0.6 is 15.9 Å². The Morgan fingerprint density at radius 1 is 0.972 bits per heavy atom. The van der Waals surface area contributed by atoms with Crippen molar-refractivity contribution in [2.45, 2.75) is 39.0 Å². The zero-order chi connectivity index (χ0) is 25.8. The Bertz CT molecular complexity index is 1400. The summed E-state index contributed by atoms with van der Waals surface area (Å²) in [5.41, 5.74) is 4.24. The number of carbonyl (C=O) groups excluding carboxylic acids is 2. The molecule has 1 aromatic heterocycles. The van der Waals surface area contributed by atoms with Crippen LogP contribution in [0.3, 0.4) is 0 Å². The van der Waals surface area contributed by atoms with Crippen LogP contribution in [0, 0.1) is 32.4 Å². The number of halogens is 3. The number of benzene rings is 2. The highest BCUT2D eigenvalue weighted by molar-refractivity contribution is 9.10. The fraction of sp³-hybridized carbons (Fsp3) is 0.321. The molecule has 3 heterocycles. The van der Waals surface area contributed by atoms with Crippen LogP contribution in [0.4, 0.5) is 14.5 Å². The van der Waals surface area contributed by atoms with Crippen molar-refractivity contribution in [3.63, 3.8) is 0 Å². The molecule has 2 aliphatic heterocycles. The quantitative estimate of drug-likeness (QED) is 0.398. The van der Waals surface area contributed by atoms with Gasteiger partial charge in [0, 0.05) is 52.7 Å². The lowest BCUT2D eigenvalue weighted by Crippen LogP contribution is -2.48. The number of rotatable bonds is 2. The Balaban J connectivity index is 1.43. The lowest BCUT2D eigenvalue weighted by atomic mass is 9.74. The summed E-state index contributed by atoms with van der Waals surface area (Å²) in [4.78, 5) is 34.5. The molecule has 0 saturated carbocycles. The van der Waals surface area contributed by atoms with E-state index in [0.717, 1.165) is 16.8 Å². The monoisotopic (exact) mass is 553 g/mol. The van der Waals surface area contributed by atoms with Gasteiger partial charge in [0.05, 0.1) is 5.56 Å². The van der Waals surface area contributed by atoms with E-state index >= 15 is 0 Å². The number of likely N-dealkylation sites (tertiary alicyclic amines) is 1. The van der Waals surface area contributed by atoms with E-state index in [1.165, 1.54) is 24.3 Å². The molecule has 0 radical (unpaired) electrons. The van der Waals surface area contributed by atoms with Gasteiger partial charge in [-0.2, -0.15) is 0 Å². The van der Waals surface area contributed by atoms with Crippen LogP contribution in [-0.4, -0.2) is 41.3 Å². The second-order valence-corrected chi connectivity index (χ2v) is 10.7. The van der Waals surface area contributed by atoms with Gasteiger partial charge in [-0.05, 0) is 86.7 Å². The van der Waals surface area contributed by atoms with E-state index < -0.39 is 11.2 Å². The minimum Gasteiger partial charge on any atom is -0.339 e. The maximum atomic E-state index is 14.4. The number of piperidine rings is 1. The molecule has 2 aromatic carbocycles. The van der Waals surface area contributed by atoms with Crippen LogP contribution in [0.1, 0.15) is 55.9 Å². The number of nitrogens with zero attached hydrogens (tertiary/aromatic N) is 3. The normalized spacial score (nSPS) is 16.4. The van der Waals surface area contributed by atoms with Crippen LogP contribution in [0.2, 0.25) is 0 Å². The fourth-order valence-electron chi connectivity index (χ4n) is 5.34. The highest BCUT2D eigenvalue weighted by Gasteiger charge is 2.47. The van der Waals surface area contributed by atoms with Crippen LogP contribution in [0.5, 0.6) is 0 Å². The van der Waals surface area contributed by atoms with E-state index in [0.29, 0.717) is 53.8 Å². The highest BCUT2D eigenvalue weighted by Crippen LogP contribution is 2.48. The number of pyridine rings is 1. The van der Waals surface area contributed by atoms with Crippen LogP contribution in [0.25, 0.3) is 0 Å². The Morgan fingerprint density at radius 3 is 2.39 bits per heavy atom. The molecule has 0 N–H and O–H groups in total. The van der Waals surface area contributed by atoms with E-state index in [2.05, 4.69) is 20.9 Å². The first kappa shape index (κ1) is 24.6. The fourth-order valence-corrected chi connectivity index (χ4v) is 5.78. The largest absolute Gasteiger partial charge is 0.339 e. The van der Waals surface area contributed by atoms with Gasteiger partial charge in [-0.1, -0.05) is 15.9 Å². The average Bonchev–Trinajstić information content (AvgIpc) is 3.15. The number of aryl methyl sites for hydroxylation is 2. The van der Waals surface area contributed by atoms with Gasteiger partial charge >= 0.3 is 0 Å². The molecule has 5 rings (SSSR count). The number of fused-ring (bicyclic) bond motifs is 2. The molecule has 2 aliphatic rings.